The van der Waals surface area contributed by atoms with E-state index in [9.17, 15) is 0 Å². The van der Waals surface area contributed by atoms with Gasteiger partial charge in [0.25, 0.3) is 0 Å². The zero-order valence-corrected chi connectivity index (χ0v) is 10.9. The molecule has 0 saturated heterocycles. The Bertz CT molecular complexity index is 614. The first-order valence-corrected chi connectivity index (χ1v) is 6.70. The molecule has 1 aromatic heterocycles. The molecule has 0 bridgehead atoms. The highest BCUT2D eigenvalue weighted by Gasteiger charge is 2.41. The number of fused-ring (bicyclic) bond motifs is 1. The molecular weight excluding hydrogens is 244 g/mol. The number of thioether (sulfide) groups is 1. The number of anilines is 1. The highest BCUT2D eigenvalue weighted by Crippen LogP contribution is 2.45. The molecule has 0 spiro atoms. The highest BCUT2D eigenvalue weighted by atomic mass is 32.2. The van der Waals surface area contributed by atoms with Crippen LogP contribution in [0, 0.1) is 6.92 Å². The largest absolute Gasteiger partial charge is 0.383 e. The third-order valence-electron chi connectivity index (χ3n) is 3.32. The molecule has 0 saturated carbocycles. The van der Waals surface area contributed by atoms with Gasteiger partial charge in [0, 0.05) is 5.75 Å². The lowest BCUT2D eigenvalue weighted by atomic mass is 9.86. The van der Waals surface area contributed by atoms with Gasteiger partial charge in [-0.15, -0.1) is 11.8 Å². The molecule has 2 aromatic rings. The van der Waals surface area contributed by atoms with Crippen LogP contribution >= 0.6 is 11.8 Å². The van der Waals surface area contributed by atoms with E-state index in [1.165, 1.54) is 11.9 Å². The van der Waals surface area contributed by atoms with Crippen molar-refractivity contribution in [3.05, 3.63) is 47.4 Å². The summed E-state index contributed by atoms with van der Waals surface area (Å²) >= 11 is 1.63. The van der Waals surface area contributed by atoms with Crippen molar-refractivity contribution in [3.8, 4) is 0 Å². The Morgan fingerprint density at radius 2 is 2.06 bits per heavy atom. The van der Waals surface area contributed by atoms with Crippen LogP contribution in [0.25, 0.3) is 0 Å². The summed E-state index contributed by atoms with van der Waals surface area (Å²) in [5.74, 6) is 1.27. The van der Waals surface area contributed by atoms with Crippen molar-refractivity contribution in [2.24, 2.45) is 5.73 Å². The normalized spacial score (nSPS) is 21.9. The summed E-state index contributed by atoms with van der Waals surface area (Å²) in [5, 5.41) is 0. The lowest BCUT2D eigenvalue weighted by molar-refractivity contribution is 0.588. The maximum Gasteiger partial charge on any atom is 0.140 e. The van der Waals surface area contributed by atoms with Gasteiger partial charge in [-0.1, -0.05) is 24.3 Å². The van der Waals surface area contributed by atoms with Crippen LogP contribution in [0.3, 0.4) is 0 Å². The SMILES string of the molecule is Cc1ccccc1C1(N)CSc2c(N)ncnc21. The Balaban J connectivity index is 2.21. The molecule has 5 heteroatoms. The second kappa shape index (κ2) is 3.96. The smallest absolute Gasteiger partial charge is 0.140 e. The van der Waals surface area contributed by atoms with Crippen molar-refractivity contribution in [2.75, 3.05) is 11.5 Å². The average molecular weight is 258 g/mol. The predicted octanol–water partition coefficient (Wildman–Crippen LogP) is 1.68. The van der Waals surface area contributed by atoms with Crippen LogP contribution in [0.15, 0.2) is 35.5 Å². The molecule has 92 valence electrons. The van der Waals surface area contributed by atoms with Crippen LogP contribution < -0.4 is 11.5 Å². The summed E-state index contributed by atoms with van der Waals surface area (Å²) in [6.45, 7) is 2.07. The fourth-order valence-corrected chi connectivity index (χ4v) is 3.62. The maximum atomic E-state index is 6.60. The third kappa shape index (κ3) is 1.51. The molecule has 0 aliphatic carbocycles. The number of nitrogens with two attached hydrogens (primary N) is 2. The Labute approximate surface area is 110 Å². The minimum absolute atomic E-state index is 0.519. The third-order valence-corrected chi connectivity index (χ3v) is 4.61. The molecule has 1 atom stereocenters. The first-order valence-electron chi connectivity index (χ1n) is 5.71. The van der Waals surface area contributed by atoms with Gasteiger partial charge in [-0.25, -0.2) is 9.97 Å². The van der Waals surface area contributed by atoms with Crippen LogP contribution in [0.5, 0.6) is 0 Å². The topological polar surface area (TPSA) is 77.8 Å². The van der Waals surface area contributed by atoms with Gasteiger partial charge in [0.1, 0.15) is 12.1 Å². The second-order valence-corrected chi connectivity index (χ2v) is 5.50. The zero-order chi connectivity index (χ0) is 12.8. The maximum absolute atomic E-state index is 6.60. The van der Waals surface area contributed by atoms with E-state index in [0.29, 0.717) is 5.82 Å². The second-order valence-electron chi connectivity index (χ2n) is 4.51. The highest BCUT2D eigenvalue weighted by molar-refractivity contribution is 7.99. The molecular formula is C13H14N4S. The zero-order valence-electron chi connectivity index (χ0n) is 10.1. The number of hydrogen-bond donors (Lipinski definition) is 2. The predicted molar refractivity (Wildman–Crippen MR) is 73.3 cm³/mol. The van der Waals surface area contributed by atoms with Crippen molar-refractivity contribution in [2.45, 2.75) is 17.4 Å². The standard InChI is InChI=1S/C13H14N4S/c1-8-4-2-3-5-9(8)13(15)6-18-10-11(13)16-7-17-12(10)14/h2-5,7H,6,15H2,1H3,(H2,14,16,17). The van der Waals surface area contributed by atoms with Crippen LogP contribution in [-0.4, -0.2) is 15.7 Å². The molecule has 0 amide bonds. The van der Waals surface area contributed by atoms with Gasteiger partial charge >= 0.3 is 0 Å². The fourth-order valence-electron chi connectivity index (χ4n) is 2.38. The van der Waals surface area contributed by atoms with Gasteiger partial charge in [0.2, 0.25) is 0 Å². The van der Waals surface area contributed by atoms with Gasteiger partial charge < -0.3 is 11.5 Å². The van der Waals surface area contributed by atoms with Crippen molar-refractivity contribution < 1.29 is 0 Å². The van der Waals surface area contributed by atoms with Crippen molar-refractivity contribution in [3.63, 3.8) is 0 Å². The quantitative estimate of drug-likeness (QED) is 0.813. The van der Waals surface area contributed by atoms with Crippen molar-refractivity contribution in [1.29, 1.82) is 0 Å². The Morgan fingerprint density at radius 1 is 1.28 bits per heavy atom. The molecule has 1 aliphatic heterocycles. The Kier molecular flexibility index (Phi) is 2.53. The molecule has 0 fully saturated rings. The van der Waals surface area contributed by atoms with Gasteiger partial charge in [0.15, 0.2) is 0 Å². The van der Waals surface area contributed by atoms with E-state index >= 15 is 0 Å². The summed E-state index contributed by atoms with van der Waals surface area (Å²) in [5.41, 5.74) is 15.0. The van der Waals surface area contributed by atoms with Crippen LogP contribution in [0.2, 0.25) is 0 Å². The average Bonchev–Trinajstić information content (AvgIpc) is 2.70. The van der Waals surface area contributed by atoms with E-state index in [4.69, 9.17) is 11.5 Å². The van der Waals surface area contributed by atoms with E-state index in [1.54, 1.807) is 11.8 Å². The minimum Gasteiger partial charge on any atom is -0.383 e. The van der Waals surface area contributed by atoms with E-state index in [2.05, 4.69) is 29.0 Å². The van der Waals surface area contributed by atoms with E-state index in [-0.39, 0.29) is 0 Å². The monoisotopic (exact) mass is 258 g/mol. The van der Waals surface area contributed by atoms with Gasteiger partial charge in [-0.2, -0.15) is 0 Å². The summed E-state index contributed by atoms with van der Waals surface area (Å²) in [7, 11) is 0. The van der Waals surface area contributed by atoms with Crippen molar-refractivity contribution >= 4 is 17.6 Å². The molecule has 18 heavy (non-hydrogen) atoms. The molecule has 1 aromatic carbocycles. The Hall–Kier alpha value is -1.59. The number of hydrogen-bond acceptors (Lipinski definition) is 5. The number of nitrogens with zero attached hydrogens (tertiary/aromatic N) is 2. The first-order chi connectivity index (χ1) is 8.63. The number of rotatable bonds is 1. The van der Waals surface area contributed by atoms with Gasteiger partial charge in [-0.3, -0.25) is 0 Å². The lowest BCUT2D eigenvalue weighted by Crippen LogP contribution is -2.39. The first kappa shape index (κ1) is 11.5. The summed E-state index contributed by atoms with van der Waals surface area (Å²) in [6, 6.07) is 8.14. The van der Waals surface area contributed by atoms with Gasteiger partial charge in [0.05, 0.1) is 16.1 Å². The van der Waals surface area contributed by atoms with E-state index in [1.807, 2.05) is 12.1 Å². The summed E-state index contributed by atoms with van der Waals surface area (Å²) in [4.78, 5) is 9.30. The van der Waals surface area contributed by atoms with Crippen LogP contribution in [0.4, 0.5) is 5.82 Å². The summed E-state index contributed by atoms with van der Waals surface area (Å²) in [6.07, 6.45) is 1.49. The Morgan fingerprint density at radius 3 is 2.83 bits per heavy atom. The number of nitrogen functional groups attached to an aromatic ring is 1. The van der Waals surface area contributed by atoms with Crippen LogP contribution in [0.1, 0.15) is 16.8 Å². The molecule has 4 N–H and O–H groups in total. The van der Waals surface area contributed by atoms with Crippen molar-refractivity contribution in [1.82, 2.24) is 9.97 Å². The van der Waals surface area contributed by atoms with Gasteiger partial charge in [-0.05, 0) is 18.1 Å². The number of benzene rings is 1. The fraction of sp³-hybridized carbons (Fsp3) is 0.231. The summed E-state index contributed by atoms with van der Waals surface area (Å²) < 4.78 is 0. The van der Waals surface area contributed by atoms with E-state index in [0.717, 1.165) is 21.9 Å². The molecule has 4 nitrogen and oxygen atoms in total. The van der Waals surface area contributed by atoms with Crippen LogP contribution in [-0.2, 0) is 5.54 Å². The molecule has 1 unspecified atom stereocenters. The lowest BCUT2D eigenvalue weighted by Gasteiger charge is -2.25. The molecule has 2 heterocycles. The minimum atomic E-state index is -0.567. The van der Waals surface area contributed by atoms with E-state index < -0.39 is 5.54 Å². The molecule has 3 rings (SSSR count). The molecule has 0 radical (unpaired) electrons. The molecule has 1 aliphatic rings. The number of aromatic nitrogens is 2. The number of aryl methyl sites for hydroxylation is 1.